The summed E-state index contributed by atoms with van der Waals surface area (Å²) in [6.07, 6.45) is 0. The van der Waals surface area contributed by atoms with Crippen molar-refractivity contribution in [3.05, 3.63) is 64.7 Å². The van der Waals surface area contributed by atoms with Crippen molar-refractivity contribution in [1.29, 1.82) is 0 Å². The minimum absolute atomic E-state index is 0.0296. The predicted molar refractivity (Wildman–Crippen MR) is 67.2 cm³/mol. The quantitative estimate of drug-likeness (QED) is 0.607. The maximum Gasteiger partial charge on any atom is 0.343 e. The highest BCUT2D eigenvalue weighted by Crippen LogP contribution is 2.18. The smallest absolute Gasteiger partial charge is 0.343 e. The molecule has 0 atom stereocenters. The van der Waals surface area contributed by atoms with E-state index in [1.165, 1.54) is 6.07 Å². The SMILES string of the molecule is Cc1cc(C)cc(OC(=O)c2ccc(F)c(F)c2)c1. The van der Waals surface area contributed by atoms with Gasteiger partial charge in [0.1, 0.15) is 5.75 Å². The normalized spacial score (nSPS) is 10.3. The molecule has 2 nitrogen and oxygen atoms in total. The lowest BCUT2D eigenvalue weighted by Gasteiger charge is -2.06. The average Bonchev–Trinajstić information content (AvgIpc) is 2.31. The van der Waals surface area contributed by atoms with E-state index in [2.05, 4.69) is 0 Å². The third kappa shape index (κ3) is 3.16. The molecule has 0 heterocycles. The van der Waals surface area contributed by atoms with Crippen molar-refractivity contribution in [3.63, 3.8) is 0 Å². The number of rotatable bonds is 2. The molecule has 2 aromatic carbocycles. The number of hydrogen-bond acceptors (Lipinski definition) is 2. The second-order valence-electron chi connectivity index (χ2n) is 4.34. The molecule has 2 aromatic rings. The molecule has 4 heteroatoms. The van der Waals surface area contributed by atoms with Crippen molar-refractivity contribution in [1.82, 2.24) is 0 Å². The lowest BCUT2D eigenvalue weighted by molar-refractivity contribution is 0.0734. The maximum atomic E-state index is 13.0. The summed E-state index contributed by atoms with van der Waals surface area (Å²) in [5.41, 5.74) is 1.87. The van der Waals surface area contributed by atoms with E-state index in [9.17, 15) is 13.6 Å². The van der Waals surface area contributed by atoms with Crippen molar-refractivity contribution >= 4 is 5.97 Å². The van der Waals surface area contributed by atoms with E-state index in [1.807, 2.05) is 19.9 Å². The van der Waals surface area contributed by atoms with Crippen LogP contribution in [-0.2, 0) is 0 Å². The van der Waals surface area contributed by atoms with Crippen LogP contribution in [0.15, 0.2) is 36.4 Å². The zero-order valence-corrected chi connectivity index (χ0v) is 10.5. The van der Waals surface area contributed by atoms with Gasteiger partial charge in [0, 0.05) is 0 Å². The lowest BCUT2D eigenvalue weighted by atomic mass is 10.1. The Bertz CT molecular complexity index is 616. The number of ether oxygens (including phenoxy) is 1. The summed E-state index contributed by atoms with van der Waals surface area (Å²) in [5.74, 6) is -2.41. The molecule has 0 amide bonds. The number of aryl methyl sites for hydroxylation is 2. The van der Waals surface area contributed by atoms with Crippen LogP contribution in [0.4, 0.5) is 8.78 Å². The van der Waals surface area contributed by atoms with Gasteiger partial charge in [-0.15, -0.1) is 0 Å². The molecule has 2 rings (SSSR count). The van der Waals surface area contributed by atoms with Gasteiger partial charge >= 0.3 is 5.97 Å². The first kappa shape index (κ1) is 13.2. The van der Waals surface area contributed by atoms with E-state index in [-0.39, 0.29) is 5.56 Å². The topological polar surface area (TPSA) is 26.3 Å². The van der Waals surface area contributed by atoms with Crippen molar-refractivity contribution in [2.75, 3.05) is 0 Å². The molecule has 0 fully saturated rings. The van der Waals surface area contributed by atoms with Gasteiger partial charge in [-0.05, 0) is 55.3 Å². The van der Waals surface area contributed by atoms with Crippen LogP contribution in [0.3, 0.4) is 0 Å². The summed E-state index contributed by atoms with van der Waals surface area (Å²) in [7, 11) is 0. The number of esters is 1. The Kier molecular flexibility index (Phi) is 3.60. The molecule has 0 spiro atoms. The summed E-state index contributed by atoms with van der Waals surface area (Å²) in [6.45, 7) is 3.75. The van der Waals surface area contributed by atoms with E-state index in [0.717, 1.165) is 23.3 Å². The van der Waals surface area contributed by atoms with Gasteiger partial charge in [-0.25, -0.2) is 13.6 Å². The molecular weight excluding hydrogens is 250 g/mol. The Morgan fingerprint density at radius 2 is 1.58 bits per heavy atom. The molecule has 0 N–H and O–H groups in total. The van der Waals surface area contributed by atoms with Crippen molar-refractivity contribution in [2.45, 2.75) is 13.8 Å². The first-order chi connectivity index (χ1) is 8.95. The van der Waals surface area contributed by atoms with Gasteiger partial charge in [-0.2, -0.15) is 0 Å². The maximum absolute atomic E-state index is 13.0. The Morgan fingerprint density at radius 3 is 2.16 bits per heavy atom. The van der Waals surface area contributed by atoms with E-state index >= 15 is 0 Å². The second kappa shape index (κ2) is 5.18. The summed E-state index contributed by atoms with van der Waals surface area (Å²) in [5, 5.41) is 0. The fraction of sp³-hybridized carbons (Fsp3) is 0.133. The van der Waals surface area contributed by atoms with Crippen LogP contribution < -0.4 is 4.74 Å². The zero-order chi connectivity index (χ0) is 14.0. The number of carbonyl (C=O) groups excluding carboxylic acids is 1. The van der Waals surface area contributed by atoms with Gasteiger partial charge in [0.15, 0.2) is 11.6 Å². The molecule has 0 aliphatic heterocycles. The highest BCUT2D eigenvalue weighted by Gasteiger charge is 2.12. The van der Waals surface area contributed by atoms with E-state index in [4.69, 9.17) is 4.74 Å². The Morgan fingerprint density at radius 1 is 0.947 bits per heavy atom. The van der Waals surface area contributed by atoms with Crippen LogP contribution in [0.25, 0.3) is 0 Å². The molecular formula is C15H12F2O2. The minimum atomic E-state index is -1.07. The second-order valence-corrected chi connectivity index (χ2v) is 4.34. The summed E-state index contributed by atoms with van der Waals surface area (Å²) in [6, 6.07) is 8.24. The molecule has 0 bridgehead atoms. The Balaban J connectivity index is 2.22. The van der Waals surface area contributed by atoms with E-state index in [0.29, 0.717) is 5.75 Å². The average molecular weight is 262 g/mol. The van der Waals surface area contributed by atoms with E-state index in [1.54, 1.807) is 12.1 Å². The van der Waals surface area contributed by atoms with E-state index < -0.39 is 17.6 Å². The number of carbonyl (C=O) groups is 1. The third-order valence-corrected chi connectivity index (χ3v) is 2.56. The first-order valence-electron chi connectivity index (χ1n) is 5.71. The highest BCUT2D eigenvalue weighted by molar-refractivity contribution is 5.91. The van der Waals surface area contributed by atoms with Gasteiger partial charge in [0.05, 0.1) is 5.56 Å². The molecule has 0 aliphatic rings. The summed E-state index contributed by atoms with van der Waals surface area (Å²) >= 11 is 0. The first-order valence-corrected chi connectivity index (χ1v) is 5.71. The molecule has 0 aromatic heterocycles. The largest absolute Gasteiger partial charge is 0.423 e. The van der Waals surface area contributed by atoms with Gasteiger partial charge in [-0.3, -0.25) is 0 Å². The van der Waals surface area contributed by atoms with Crippen LogP contribution in [0.1, 0.15) is 21.5 Å². The highest BCUT2D eigenvalue weighted by atomic mass is 19.2. The monoisotopic (exact) mass is 262 g/mol. The van der Waals surface area contributed by atoms with Crippen LogP contribution >= 0.6 is 0 Å². The number of halogens is 2. The predicted octanol–water partition coefficient (Wildman–Crippen LogP) is 3.80. The fourth-order valence-electron chi connectivity index (χ4n) is 1.78. The van der Waals surface area contributed by atoms with Crippen LogP contribution in [0, 0.1) is 25.5 Å². The molecule has 0 unspecified atom stereocenters. The molecule has 0 saturated carbocycles. The van der Waals surface area contributed by atoms with Gasteiger partial charge in [0.25, 0.3) is 0 Å². The van der Waals surface area contributed by atoms with Crippen molar-refractivity contribution in [2.24, 2.45) is 0 Å². The minimum Gasteiger partial charge on any atom is -0.423 e. The van der Waals surface area contributed by atoms with Crippen LogP contribution in [0.2, 0.25) is 0 Å². The molecule has 98 valence electrons. The number of benzene rings is 2. The molecule has 0 saturated heterocycles. The molecule has 0 radical (unpaired) electrons. The Hall–Kier alpha value is -2.23. The summed E-state index contributed by atoms with van der Waals surface area (Å²) in [4.78, 5) is 11.8. The molecule has 19 heavy (non-hydrogen) atoms. The van der Waals surface area contributed by atoms with Gasteiger partial charge < -0.3 is 4.74 Å². The lowest BCUT2D eigenvalue weighted by Crippen LogP contribution is -2.09. The zero-order valence-electron chi connectivity index (χ0n) is 10.5. The third-order valence-electron chi connectivity index (χ3n) is 2.56. The van der Waals surface area contributed by atoms with Crippen LogP contribution in [0.5, 0.6) is 5.75 Å². The Labute approximate surface area is 109 Å². The standard InChI is InChI=1S/C15H12F2O2/c1-9-5-10(2)7-12(6-9)19-15(18)11-3-4-13(16)14(17)8-11/h3-8H,1-2H3. The van der Waals surface area contributed by atoms with Gasteiger partial charge in [0.2, 0.25) is 0 Å². The number of hydrogen-bond donors (Lipinski definition) is 0. The summed E-state index contributed by atoms with van der Waals surface area (Å²) < 4.78 is 30.9. The van der Waals surface area contributed by atoms with Crippen LogP contribution in [-0.4, -0.2) is 5.97 Å². The fourth-order valence-corrected chi connectivity index (χ4v) is 1.78. The van der Waals surface area contributed by atoms with Crippen molar-refractivity contribution in [3.8, 4) is 5.75 Å². The molecule has 0 aliphatic carbocycles. The van der Waals surface area contributed by atoms with Crippen molar-refractivity contribution < 1.29 is 18.3 Å². The van der Waals surface area contributed by atoms with Gasteiger partial charge in [-0.1, -0.05) is 6.07 Å².